The summed E-state index contributed by atoms with van der Waals surface area (Å²) in [6.45, 7) is 1.36. The molecule has 2 N–H and O–H groups in total. The molecule has 0 bridgehead atoms. The van der Waals surface area contributed by atoms with Gasteiger partial charge < -0.3 is 10.3 Å². The molecule has 4 heteroatoms. The van der Waals surface area contributed by atoms with E-state index in [1.54, 1.807) is 6.20 Å². The zero-order chi connectivity index (χ0) is 14.7. The standard InChI is InChI=1S/C17H16N4/c18-7-4-14-2-1-3-15-6-9-21(17(14)15)12-13-5-8-20-16(10-13)11-19/h1-3,5-6,8-10H,4,7,12,18H2. The van der Waals surface area contributed by atoms with E-state index in [-0.39, 0.29) is 0 Å². The lowest BCUT2D eigenvalue weighted by Crippen LogP contribution is -2.06. The van der Waals surface area contributed by atoms with Crippen LogP contribution in [0.4, 0.5) is 0 Å². The van der Waals surface area contributed by atoms with Gasteiger partial charge in [-0.3, -0.25) is 0 Å². The molecule has 0 fully saturated rings. The summed E-state index contributed by atoms with van der Waals surface area (Å²) in [5.74, 6) is 0. The number of hydrogen-bond donors (Lipinski definition) is 1. The van der Waals surface area contributed by atoms with Crippen LogP contribution in [0.1, 0.15) is 16.8 Å². The van der Waals surface area contributed by atoms with Gasteiger partial charge in [-0.15, -0.1) is 0 Å². The lowest BCUT2D eigenvalue weighted by Gasteiger charge is -2.09. The Morgan fingerprint density at radius 3 is 2.95 bits per heavy atom. The molecule has 1 aromatic carbocycles. The topological polar surface area (TPSA) is 67.6 Å². The van der Waals surface area contributed by atoms with E-state index in [1.165, 1.54) is 16.5 Å². The van der Waals surface area contributed by atoms with Gasteiger partial charge in [0.05, 0.1) is 5.52 Å². The highest BCUT2D eigenvalue weighted by atomic mass is 15.0. The second kappa shape index (κ2) is 5.78. The van der Waals surface area contributed by atoms with Crippen molar-refractivity contribution in [1.29, 1.82) is 5.26 Å². The number of pyridine rings is 1. The lowest BCUT2D eigenvalue weighted by molar-refractivity contribution is 0.825. The van der Waals surface area contributed by atoms with Gasteiger partial charge in [-0.05, 0) is 47.7 Å². The molecular formula is C17H16N4. The first kappa shape index (κ1) is 13.3. The SMILES string of the molecule is N#Cc1cc(Cn2ccc3cccc(CCN)c32)ccn1. The van der Waals surface area contributed by atoms with Crippen LogP contribution in [-0.2, 0) is 13.0 Å². The number of rotatable bonds is 4. The van der Waals surface area contributed by atoms with Crippen LogP contribution in [0, 0.1) is 11.3 Å². The summed E-state index contributed by atoms with van der Waals surface area (Å²) < 4.78 is 2.21. The Balaban J connectivity index is 2.02. The van der Waals surface area contributed by atoms with Crippen molar-refractivity contribution in [2.45, 2.75) is 13.0 Å². The number of nitrogens with zero attached hydrogens (tertiary/aromatic N) is 3. The van der Waals surface area contributed by atoms with Crippen LogP contribution < -0.4 is 5.73 Å². The maximum Gasteiger partial charge on any atom is 0.140 e. The van der Waals surface area contributed by atoms with Crippen LogP contribution in [0.5, 0.6) is 0 Å². The molecule has 104 valence electrons. The summed E-state index contributed by atoms with van der Waals surface area (Å²) in [5, 5.41) is 10.2. The van der Waals surface area contributed by atoms with E-state index in [2.05, 4.69) is 46.1 Å². The van der Waals surface area contributed by atoms with Crippen molar-refractivity contribution in [3.05, 3.63) is 65.6 Å². The van der Waals surface area contributed by atoms with Crippen LogP contribution in [0.15, 0.2) is 48.8 Å². The molecule has 0 aliphatic carbocycles. The molecule has 0 aliphatic rings. The second-order valence-electron chi connectivity index (χ2n) is 5.00. The average Bonchev–Trinajstić information content (AvgIpc) is 2.92. The van der Waals surface area contributed by atoms with Gasteiger partial charge in [-0.2, -0.15) is 5.26 Å². The summed E-state index contributed by atoms with van der Waals surface area (Å²) in [5.41, 5.74) is 9.71. The largest absolute Gasteiger partial charge is 0.343 e. The molecule has 21 heavy (non-hydrogen) atoms. The fourth-order valence-corrected chi connectivity index (χ4v) is 2.66. The van der Waals surface area contributed by atoms with Gasteiger partial charge in [0, 0.05) is 18.9 Å². The molecule has 4 nitrogen and oxygen atoms in total. The van der Waals surface area contributed by atoms with Crippen molar-refractivity contribution in [3.63, 3.8) is 0 Å². The summed E-state index contributed by atoms with van der Waals surface area (Å²) >= 11 is 0. The number of fused-ring (bicyclic) bond motifs is 1. The van der Waals surface area contributed by atoms with Crippen molar-refractivity contribution in [2.24, 2.45) is 5.73 Å². The predicted octanol–water partition coefficient (Wildman–Crippen LogP) is 2.46. The second-order valence-corrected chi connectivity index (χ2v) is 5.00. The first-order valence-electron chi connectivity index (χ1n) is 6.93. The van der Waals surface area contributed by atoms with E-state index < -0.39 is 0 Å². The van der Waals surface area contributed by atoms with Crippen molar-refractivity contribution < 1.29 is 0 Å². The Labute approximate surface area is 123 Å². The third-order valence-corrected chi connectivity index (χ3v) is 3.58. The van der Waals surface area contributed by atoms with Gasteiger partial charge in [0.2, 0.25) is 0 Å². The van der Waals surface area contributed by atoms with E-state index in [4.69, 9.17) is 11.0 Å². The highest BCUT2D eigenvalue weighted by Gasteiger charge is 2.07. The van der Waals surface area contributed by atoms with Crippen LogP contribution in [0.2, 0.25) is 0 Å². The third-order valence-electron chi connectivity index (χ3n) is 3.58. The Morgan fingerprint density at radius 2 is 2.14 bits per heavy atom. The molecule has 3 rings (SSSR count). The number of nitriles is 1. The number of benzene rings is 1. The zero-order valence-electron chi connectivity index (χ0n) is 11.7. The van der Waals surface area contributed by atoms with Crippen LogP contribution in [0.25, 0.3) is 10.9 Å². The van der Waals surface area contributed by atoms with Crippen LogP contribution in [-0.4, -0.2) is 16.1 Å². The molecular weight excluding hydrogens is 260 g/mol. The zero-order valence-corrected chi connectivity index (χ0v) is 11.7. The van der Waals surface area contributed by atoms with Crippen LogP contribution >= 0.6 is 0 Å². The quantitative estimate of drug-likeness (QED) is 0.796. The monoisotopic (exact) mass is 276 g/mol. The Kier molecular flexibility index (Phi) is 3.67. The third kappa shape index (κ3) is 2.64. The number of nitrogens with two attached hydrogens (primary N) is 1. The molecule has 2 aromatic heterocycles. The highest BCUT2D eigenvalue weighted by molar-refractivity contribution is 5.83. The van der Waals surface area contributed by atoms with Gasteiger partial charge in [-0.25, -0.2) is 4.98 Å². The van der Waals surface area contributed by atoms with Crippen molar-refractivity contribution in [1.82, 2.24) is 9.55 Å². The van der Waals surface area contributed by atoms with Gasteiger partial charge >= 0.3 is 0 Å². The molecule has 0 spiro atoms. The normalized spacial score (nSPS) is 10.7. The Morgan fingerprint density at radius 1 is 1.24 bits per heavy atom. The molecule has 0 amide bonds. The number of para-hydroxylation sites is 1. The molecule has 0 aliphatic heterocycles. The van der Waals surface area contributed by atoms with E-state index in [0.717, 1.165) is 18.5 Å². The lowest BCUT2D eigenvalue weighted by atomic mass is 10.1. The summed E-state index contributed by atoms with van der Waals surface area (Å²) in [7, 11) is 0. The van der Waals surface area contributed by atoms with Gasteiger partial charge in [0.25, 0.3) is 0 Å². The Hall–Kier alpha value is -2.64. The summed E-state index contributed by atoms with van der Waals surface area (Å²) in [6, 6.07) is 14.3. The maximum atomic E-state index is 8.94. The van der Waals surface area contributed by atoms with Crippen molar-refractivity contribution in [3.8, 4) is 6.07 Å². The molecule has 2 heterocycles. The molecule has 3 aromatic rings. The molecule has 0 atom stereocenters. The van der Waals surface area contributed by atoms with Crippen LogP contribution in [0.3, 0.4) is 0 Å². The molecule has 0 saturated carbocycles. The van der Waals surface area contributed by atoms with Gasteiger partial charge in [0.15, 0.2) is 0 Å². The molecule has 0 unspecified atom stereocenters. The summed E-state index contributed by atoms with van der Waals surface area (Å²) in [6.07, 6.45) is 4.62. The number of hydrogen-bond acceptors (Lipinski definition) is 3. The molecule has 0 saturated heterocycles. The minimum absolute atomic E-state index is 0.450. The minimum atomic E-state index is 0.450. The van der Waals surface area contributed by atoms with E-state index in [1.807, 2.05) is 12.1 Å². The van der Waals surface area contributed by atoms with E-state index in [0.29, 0.717) is 12.2 Å². The average molecular weight is 276 g/mol. The first-order chi connectivity index (χ1) is 10.3. The maximum absolute atomic E-state index is 8.94. The smallest absolute Gasteiger partial charge is 0.140 e. The van der Waals surface area contributed by atoms with E-state index >= 15 is 0 Å². The van der Waals surface area contributed by atoms with Gasteiger partial charge in [-0.1, -0.05) is 18.2 Å². The predicted molar refractivity (Wildman–Crippen MR) is 82.8 cm³/mol. The van der Waals surface area contributed by atoms with Gasteiger partial charge in [0.1, 0.15) is 11.8 Å². The van der Waals surface area contributed by atoms with Crippen molar-refractivity contribution >= 4 is 10.9 Å². The fourth-order valence-electron chi connectivity index (χ4n) is 2.66. The fraction of sp³-hybridized carbons (Fsp3) is 0.176. The highest BCUT2D eigenvalue weighted by Crippen LogP contribution is 2.22. The Bertz CT molecular complexity index is 811. The van der Waals surface area contributed by atoms with E-state index in [9.17, 15) is 0 Å². The van der Waals surface area contributed by atoms with Crippen molar-refractivity contribution in [2.75, 3.05) is 6.54 Å². The first-order valence-corrected chi connectivity index (χ1v) is 6.93. The summed E-state index contributed by atoms with van der Waals surface area (Å²) in [4.78, 5) is 4.01. The molecule has 0 radical (unpaired) electrons. The minimum Gasteiger partial charge on any atom is -0.343 e. The number of aromatic nitrogens is 2.